The van der Waals surface area contributed by atoms with Crippen LogP contribution in [0.5, 0.6) is 5.75 Å². The summed E-state index contributed by atoms with van der Waals surface area (Å²) in [5.74, 6) is -0.0766. The zero-order valence-corrected chi connectivity index (χ0v) is 21.6. The molecule has 0 amide bonds. The van der Waals surface area contributed by atoms with Crippen LogP contribution in [0.3, 0.4) is 0 Å². The van der Waals surface area contributed by atoms with Crippen LogP contribution in [-0.2, 0) is 41.3 Å². The van der Waals surface area contributed by atoms with Crippen molar-refractivity contribution in [1.29, 1.82) is 0 Å². The lowest BCUT2D eigenvalue weighted by atomic mass is 9.80. The molecular formula is C29H27BN2O7. The first-order chi connectivity index (χ1) is 18.7. The standard InChI is InChI=1S/C29H27BN2O7/c1-3-19-20-11-18(38-14-16-5-7-17(8-6-16)30(36)37)9-10-24(20)31-26-21(19)13-32-25(26)12-23-22(27(32)33)15-39-28(34)29(23,35)4-2/h5-12,35-37H,3-4,13-15H2,1-2H3/t29-/m0/s1. The van der Waals surface area contributed by atoms with Crippen molar-refractivity contribution >= 4 is 29.5 Å². The Labute approximate surface area is 224 Å². The quantitative estimate of drug-likeness (QED) is 0.226. The summed E-state index contributed by atoms with van der Waals surface area (Å²) < 4.78 is 12.8. The summed E-state index contributed by atoms with van der Waals surface area (Å²) in [5, 5.41) is 30.6. The molecular weight excluding hydrogens is 499 g/mol. The Morgan fingerprint density at radius 3 is 2.54 bits per heavy atom. The van der Waals surface area contributed by atoms with Crippen molar-refractivity contribution < 1.29 is 29.4 Å². The van der Waals surface area contributed by atoms with E-state index in [9.17, 15) is 24.7 Å². The largest absolute Gasteiger partial charge is 0.489 e. The van der Waals surface area contributed by atoms with E-state index in [0.29, 0.717) is 53.3 Å². The van der Waals surface area contributed by atoms with Gasteiger partial charge in [-0.1, -0.05) is 38.1 Å². The maximum Gasteiger partial charge on any atom is 0.488 e. The van der Waals surface area contributed by atoms with Gasteiger partial charge in [0.2, 0.25) is 0 Å². The van der Waals surface area contributed by atoms with Crippen molar-refractivity contribution in [3.8, 4) is 17.1 Å². The van der Waals surface area contributed by atoms with Gasteiger partial charge in [-0.2, -0.15) is 0 Å². The highest BCUT2D eigenvalue weighted by molar-refractivity contribution is 6.58. The first kappa shape index (κ1) is 25.3. The fraction of sp³-hybridized carbons (Fsp3) is 0.276. The molecule has 0 saturated carbocycles. The number of aromatic nitrogens is 2. The molecule has 0 fully saturated rings. The number of ether oxygens (including phenoxy) is 2. The third-order valence-electron chi connectivity index (χ3n) is 7.81. The number of nitrogens with zero attached hydrogens (tertiary/aromatic N) is 2. The van der Waals surface area contributed by atoms with Crippen molar-refractivity contribution in [1.82, 2.24) is 9.55 Å². The number of carbonyl (C=O) groups is 1. The van der Waals surface area contributed by atoms with E-state index in [1.165, 1.54) is 0 Å². The van der Waals surface area contributed by atoms with Gasteiger partial charge in [0.1, 0.15) is 19.0 Å². The molecule has 0 radical (unpaired) electrons. The van der Waals surface area contributed by atoms with E-state index in [-0.39, 0.29) is 18.6 Å². The van der Waals surface area contributed by atoms with Crippen molar-refractivity contribution in [3.05, 3.63) is 86.7 Å². The molecule has 2 aromatic heterocycles. The van der Waals surface area contributed by atoms with Gasteiger partial charge in [-0.15, -0.1) is 0 Å². The van der Waals surface area contributed by atoms with Crippen LogP contribution in [0.4, 0.5) is 0 Å². The summed E-state index contributed by atoms with van der Waals surface area (Å²) in [4.78, 5) is 30.8. The van der Waals surface area contributed by atoms with Gasteiger partial charge in [0.15, 0.2) is 5.60 Å². The Kier molecular flexibility index (Phi) is 6.06. The van der Waals surface area contributed by atoms with Crippen molar-refractivity contribution in [2.24, 2.45) is 0 Å². The monoisotopic (exact) mass is 526 g/mol. The van der Waals surface area contributed by atoms with Gasteiger partial charge in [0, 0.05) is 16.5 Å². The summed E-state index contributed by atoms with van der Waals surface area (Å²) in [5.41, 5.74) is 3.77. The summed E-state index contributed by atoms with van der Waals surface area (Å²) in [6.07, 6.45) is 0.801. The number of benzene rings is 2. The Morgan fingerprint density at radius 1 is 1.08 bits per heavy atom. The molecule has 0 spiro atoms. The Balaban J connectivity index is 1.39. The van der Waals surface area contributed by atoms with Gasteiger partial charge < -0.3 is 29.2 Å². The number of rotatable bonds is 6. The van der Waals surface area contributed by atoms with E-state index in [1.54, 1.807) is 41.8 Å². The average molecular weight is 526 g/mol. The maximum atomic E-state index is 13.5. The van der Waals surface area contributed by atoms with Crippen molar-refractivity contribution in [3.63, 3.8) is 0 Å². The SMILES string of the molecule is CCc1c2c(nc3ccc(OCc4ccc(B(O)O)cc4)cc13)-c1cc3c(c(=O)n1C2)COC(=O)[C@]3(O)CC. The third-order valence-corrected chi connectivity index (χ3v) is 7.81. The van der Waals surface area contributed by atoms with Crippen LogP contribution in [0.1, 0.15) is 48.1 Å². The van der Waals surface area contributed by atoms with Gasteiger partial charge in [0.05, 0.1) is 29.0 Å². The van der Waals surface area contributed by atoms with Crippen LogP contribution < -0.4 is 15.8 Å². The topological polar surface area (TPSA) is 131 Å². The van der Waals surface area contributed by atoms with Crippen LogP contribution >= 0.6 is 0 Å². The van der Waals surface area contributed by atoms with Crippen LogP contribution in [0.25, 0.3) is 22.3 Å². The van der Waals surface area contributed by atoms with Crippen LogP contribution in [0, 0.1) is 0 Å². The first-order valence-corrected chi connectivity index (χ1v) is 13.0. The van der Waals surface area contributed by atoms with E-state index < -0.39 is 18.7 Å². The smallest absolute Gasteiger partial charge is 0.488 e. The summed E-state index contributed by atoms with van der Waals surface area (Å²) in [6.45, 7) is 4.23. The minimum absolute atomic E-state index is 0.0935. The minimum Gasteiger partial charge on any atom is -0.489 e. The molecule has 39 heavy (non-hydrogen) atoms. The number of aryl methyl sites for hydroxylation is 1. The molecule has 0 bridgehead atoms. The molecule has 0 unspecified atom stereocenters. The lowest BCUT2D eigenvalue weighted by molar-refractivity contribution is -0.172. The molecule has 6 rings (SSSR count). The molecule has 4 aromatic rings. The second kappa shape index (κ2) is 9.34. The second-order valence-electron chi connectivity index (χ2n) is 9.96. The number of fused-ring (bicyclic) bond motifs is 5. The molecule has 1 atom stereocenters. The number of carbonyl (C=O) groups excluding carboxylic acids is 1. The lowest BCUT2D eigenvalue weighted by Gasteiger charge is -2.31. The zero-order valence-electron chi connectivity index (χ0n) is 21.6. The third kappa shape index (κ3) is 3.94. The molecule has 2 aliphatic rings. The summed E-state index contributed by atoms with van der Waals surface area (Å²) in [7, 11) is -1.51. The zero-order chi connectivity index (χ0) is 27.5. The van der Waals surface area contributed by atoms with Crippen molar-refractivity contribution in [2.75, 3.05) is 0 Å². The number of esters is 1. The van der Waals surface area contributed by atoms with Gasteiger partial charge in [0.25, 0.3) is 5.56 Å². The normalized spacial score (nSPS) is 17.4. The minimum atomic E-state index is -1.86. The maximum absolute atomic E-state index is 13.5. The number of hydrogen-bond donors (Lipinski definition) is 3. The van der Waals surface area contributed by atoms with E-state index >= 15 is 0 Å². The first-order valence-electron chi connectivity index (χ1n) is 13.0. The number of hydrogen-bond acceptors (Lipinski definition) is 8. The molecule has 2 aliphatic heterocycles. The molecule has 198 valence electrons. The van der Waals surface area contributed by atoms with Gasteiger partial charge >= 0.3 is 13.1 Å². The number of pyridine rings is 2. The fourth-order valence-corrected chi connectivity index (χ4v) is 5.59. The lowest BCUT2D eigenvalue weighted by Crippen LogP contribution is -2.44. The molecule has 4 heterocycles. The Bertz CT molecular complexity index is 1700. The molecule has 0 aliphatic carbocycles. The van der Waals surface area contributed by atoms with E-state index in [1.807, 2.05) is 18.2 Å². The number of aliphatic hydroxyl groups is 1. The molecule has 10 heteroatoms. The predicted octanol–water partition coefficient (Wildman–Crippen LogP) is 1.90. The molecule has 2 aromatic carbocycles. The Morgan fingerprint density at radius 2 is 1.85 bits per heavy atom. The summed E-state index contributed by atoms with van der Waals surface area (Å²) >= 11 is 0. The van der Waals surface area contributed by atoms with Crippen molar-refractivity contribution in [2.45, 2.75) is 52.0 Å². The molecule has 9 nitrogen and oxygen atoms in total. The van der Waals surface area contributed by atoms with Gasteiger partial charge in [-0.25, -0.2) is 9.78 Å². The molecule has 0 saturated heterocycles. The average Bonchev–Trinajstić information content (AvgIpc) is 3.31. The molecule has 3 N–H and O–H groups in total. The van der Waals surface area contributed by atoms with Crippen LogP contribution in [0.2, 0.25) is 0 Å². The van der Waals surface area contributed by atoms with Gasteiger partial charge in [-0.05, 0) is 53.7 Å². The number of cyclic esters (lactones) is 1. The van der Waals surface area contributed by atoms with E-state index in [0.717, 1.165) is 27.6 Å². The highest BCUT2D eigenvalue weighted by atomic mass is 16.6. The highest BCUT2D eigenvalue weighted by Crippen LogP contribution is 2.40. The van der Waals surface area contributed by atoms with Gasteiger partial charge in [-0.3, -0.25) is 4.79 Å². The van der Waals surface area contributed by atoms with E-state index in [4.69, 9.17) is 14.5 Å². The van der Waals surface area contributed by atoms with Crippen LogP contribution in [-0.4, -0.2) is 37.8 Å². The fourth-order valence-electron chi connectivity index (χ4n) is 5.59. The Hall–Kier alpha value is -3.99. The highest BCUT2D eigenvalue weighted by Gasteiger charge is 2.45. The van der Waals surface area contributed by atoms with Crippen LogP contribution in [0.15, 0.2) is 53.3 Å². The van der Waals surface area contributed by atoms with E-state index in [2.05, 4.69) is 6.92 Å². The predicted molar refractivity (Wildman–Crippen MR) is 145 cm³/mol. The second-order valence-corrected chi connectivity index (χ2v) is 9.96. The summed E-state index contributed by atoms with van der Waals surface area (Å²) in [6, 6.07) is 14.3.